The van der Waals surface area contributed by atoms with Crippen LogP contribution in [0.1, 0.15) is 30.7 Å². The van der Waals surface area contributed by atoms with Crippen molar-refractivity contribution in [2.45, 2.75) is 44.2 Å². The molecule has 1 aromatic heterocycles. The summed E-state index contributed by atoms with van der Waals surface area (Å²) >= 11 is 1.56. The molecule has 1 atom stereocenters. The van der Waals surface area contributed by atoms with Crippen LogP contribution >= 0.6 is 11.3 Å². The van der Waals surface area contributed by atoms with Crippen LogP contribution in [0.25, 0.3) is 0 Å². The molecule has 0 saturated heterocycles. The number of carbonyl (C=O) groups excluding carboxylic acids is 1. The maximum atomic E-state index is 13.7. The van der Waals surface area contributed by atoms with Crippen LogP contribution in [-0.4, -0.2) is 64.0 Å². The Morgan fingerprint density at radius 1 is 0.974 bits per heavy atom. The fourth-order valence-electron chi connectivity index (χ4n) is 3.98. The molecule has 0 aliphatic heterocycles. The van der Waals surface area contributed by atoms with Crippen molar-refractivity contribution in [3.8, 4) is 17.2 Å². The van der Waals surface area contributed by atoms with Gasteiger partial charge in [-0.2, -0.15) is 4.31 Å². The molecule has 206 valence electrons. The summed E-state index contributed by atoms with van der Waals surface area (Å²) in [5.74, 6) is 1.56. The highest BCUT2D eigenvalue weighted by molar-refractivity contribution is 7.89. The quantitative estimate of drug-likeness (QED) is 0.281. The number of thiophene rings is 1. The molecular weight excluding hydrogens is 524 g/mol. The van der Waals surface area contributed by atoms with Gasteiger partial charge in [-0.25, -0.2) is 8.42 Å². The lowest BCUT2D eigenvalue weighted by atomic mass is 10.1. The molecule has 8 nitrogen and oxygen atoms in total. The van der Waals surface area contributed by atoms with Gasteiger partial charge >= 0.3 is 0 Å². The van der Waals surface area contributed by atoms with Gasteiger partial charge in [0.05, 0.1) is 39.3 Å². The van der Waals surface area contributed by atoms with Gasteiger partial charge in [0.2, 0.25) is 15.9 Å². The van der Waals surface area contributed by atoms with Crippen LogP contribution in [0.3, 0.4) is 0 Å². The number of benzene rings is 2. The van der Waals surface area contributed by atoms with E-state index in [1.54, 1.807) is 42.6 Å². The predicted molar refractivity (Wildman–Crippen MR) is 150 cm³/mol. The Labute approximate surface area is 229 Å². The van der Waals surface area contributed by atoms with Gasteiger partial charge in [-0.3, -0.25) is 4.79 Å². The summed E-state index contributed by atoms with van der Waals surface area (Å²) in [5.41, 5.74) is 0.983. The maximum absolute atomic E-state index is 13.7. The Bertz CT molecular complexity index is 1280. The molecule has 3 rings (SSSR count). The van der Waals surface area contributed by atoms with E-state index < -0.39 is 10.0 Å². The van der Waals surface area contributed by atoms with Crippen LogP contribution in [0.5, 0.6) is 17.2 Å². The third kappa shape index (κ3) is 7.27. The van der Waals surface area contributed by atoms with E-state index in [0.29, 0.717) is 43.2 Å². The van der Waals surface area contributed by atoms with Crippen molar-refractivity contribution in [2.75, 3.05) is 34.4 Å². The van der Waals surface area contributed by atoms with Crippen LogP contribution in [0.15, 0.2) is 64.9 Å². The first-order valence-corrected chi connectivity index (χ1v) is 14.7. The van der Waals surface area contributed by atoms with Gasteiger partial charge in [0, 0.05) is 17.5 Å². The van der Waals surface area contributed by atoms with E-state index in [-0.39, 0.29) is 23.4 Å². The summed E-state index contributed by atoms with van der Waals surface area (Å²) < 4.78 is 44.4. The Hall–Kier alpha value is -3.08. The second-order valence-corrected chi connectivity index (χ2v) is 11.7. The molecule has 0 bridgehead atoms. The molecule has 0 saturated carbocycles. The lowest BCUT2D eigenvalue weighted by Crippen LogP contribution is -2.46. The number of rotatable bonds is 14. The molecule has 1 heterocycles. The first kappa shape index (κ1) is 29.5. The molecule has 0 aliphatic carbocycles. The maximum Gasteiger partial charge on any atom is 0.243 e. The second-order valence-electron chi connectivity index (χ2n) is 8.82. The normalized spacial score (nSPS) is 12.3. The number of ether oxygens (including phenoxy) is 3. The molecule has 1 amide bonds. The van der Waals surface area contributed by atoms with E-state index in [1.165, 1.54) is 23.5 Å². The number of hydrogen-bond acceptors (Lipinski definition) is 7. The highest BCUT2D eigenvalue weighted by Gasteiger charge is 2.32. The fraction of sp³-hybridized carbons (Fsp3) is 0.393. The zero-order valence-corrected chi connectivity index (χ0v) is 24.2. The third-order valence-electron chi connectivity index (χ3n) is 6.44. The smallest absolute Gasteiger partial charge is 0.243 e. The van der Waals surface area contributed by atoms with Crippen LogP contribution in [0.4, 0.5) is 0 Å². The van der Waals surface area contributed by atoms with Gasteiger partial charge < -0.3 is 19.1 Å². The Kier molecular flexibility index (Phi) is 10.6. The number of sulfonamides is 1. The minimum atomic E-state index is -3.91. The zero-order valence-electron chi connectivity index (χ0n) is 22.5. The van der Waals surface area contributed by atoms with Crippen molar-refractivity contribution in [2.24, 2.45) is 0 Å². The summed E-state index contributed by atoms with van der Waals surface area (Å²) in [6, 6.07) is 15.5. The third-order valence-corrected chi connectivity index (χ3v) is 9.27. The minimum Gasteiger partial charge on any atom is -0.497 e. The van der Waals surface area contributed by atoms with E-state index in [9.17, 15) is 13.2 Å². The average Bonchev–Trinajstić information content (AvgIpc) is 3.46. The summed E-state index contributed by atoms with van der Waals surface area (Å²) in [5, 5.41) is 1.96. The molecule has 3 aromatic rings. The van der Waals surface area contributed by atoms with Crippen molar-refractivity contribution in [1.29, 1.82) is 0 Å². The van der Waals surface area contributed by atoms with E-state index in [2.05, 4.69) is 0 Å². The SMILES string of the molecule is CCC(C)N(CC(=O)N(CCc1ccc(OC)c(OC)c1)Cc1cccs1)S(=O)(=O)c1ccc(OC)cc1. The zero-order chi connectivity index (χ0) is 27.7. The average molecular weight is 561 g/mol. The van der Waals surface area contributed by atoms with Gasteiger partial charge in [-0.1, -0.05) is 19.1 Å². The lowest BCUT2D eigenvalue weighted by Gasteiger charge is -2.30. The standard InChI is InChI=1S/C28H36N2O6S2/c1-6-21(2)30(38(32,33)25-12-10-23(34-3)11-13-25)20-28(31)29(19-24-8-7-17-37-24)16-15-22-9-14-26(35-4)27(18-22)36-5/h7-14,17-18,21H,6,15-16,19-20H2,1-5H3. The lowest BCUT2D eigenvalue weighted by molar-refractivity contribution is -0.132. The summed E-state index contributed by atoms with van der Waals surface area (Å²) in [4.78, 5) is 16.6. The Morgan fingerprint density at radius 2 is 1.68 bits per heavy atom. The molecule has 38 heavy (non-hydrogen) atoms. The van der Waals surface area contributed by atoms with Crippen LogP contribution < -0.4 is 14.2 Å². The van der Waals surface area contributed by atoms with Crippen LogP contribution in [0.2, 0.25) is 0 Å². The summed E-state index contributed by atoms with van der Waals surface area (Å²) in [7, 11) is 0.786. The van der Waals surface area contributed by atoms with Crippen molar-refractivity contribution < 1.29 is 27.4 Å². The number of methoxy groups -OCH3 is 3. The highest BCUT2D eigenvalue weighted by Crippen LogP contribution is 2.28. The monoisotopic (exact) mass is 560 g/mol. The van der Waals surface area contributed by atoms with Crippen LogP contribution in [-0.2, 0) is 27.8 Å². The van der Waals surface area contributed by atoms with E-state index >= 15 is 0 Å². The Morgan fingerprint density at radius 3 is 2.26 bits per heavy atom. The van der Waals surface area contributed by atoms with Gasteiger partial charge in [0.25, 0.3) is 0 Å². The summed E-state index contributed by atoms with van der Waals surface area (Å²) in [6.45, 7) is 4.30. The molecule has 1 unspecified atom stereocenters. The molecule has 0 fully saturated rings. The van der Waals surface area contributed by atoms with E-state index in [4.69, 9.17) is 14.2 Å². The number of nitrogens with zero attached hydrogens (tertiary/aromatic N) is 2. The van der Waals surface area contributed by atoms with Crippen molar-refractivity contribution in [3.63, 3.8) is 0 Å². The second kappa shape index (κ2) is 13.6. The van der Waals surface area contributed by atoms with Gasteiger partial charge in [-0.15, -0.1) is 11.3 Å². The molecule has 0 radical (unpaired) electrons. The first-order valence-electron chi connectivity index (χ1n) is 12.4. The van der Waals surface area contributed by atoms with Crippen LogP contribution in [0, 0.1) is 0 Å². The topological polar surface area (TPSA) is 85.4 Å². The predicted octanol–water partition coefficient (Wildman–Crippen LogP) is 4.83. The molecule has 2 aromatic carbocycles. The largest absolute Gasteiger partial charge is 0.497 e. The highest BCUT2D eigenvalue weighted by atomic mass is 32.2. The fourth-order valence-corrected chi connectivity index (χ4v) is 6.35. The van der Waals surface area contributed by atoms with E-state index in [0.717, 1.165) is 10.4 Å². The minimum absolute atomic E-state index is 0.126. The number of carbonyl (C=O) groups is 1. The van der Waals surface area contributed by atoms with Gasteiger partial charge in [-0.05, 0) is 73.2 Å². The van der Waals surface area contributed by atoms with Gasteiger partial charge in [0.1, 0.15) is 5.75 Å². The molecule has 0 aliphatic rings. The molecule has 10 heteroatoms. The van der Waals surface area contributed by atoms with Crippen molar-refractivity contribution >= 4 is 27.3 Å². The summed E-state index contributed by atoms with van der Waals surface area (Å²) in [6.07, 6.45) is 1.14. The van der Waals surface area contributed by atoms with E-state index in [1.807, 2.05) is 49.6 Å². The van der Waals surface area contributed by atoms with Crippen molar-refractivity contribution in [3.05, 3.63) is 70.4 Å². The number of amides is 1. The first-order chi connectivity index (χ1) is 18.2. The molecule has 0 N–H and O–H groups in total. The molecule has 0 spiro atoms. The number of hydrogen-bond donors (Lipinski definition) is 0. The van der Waals surface area contributed by atoms with Gasteiger partial charge in [0.15, 0.2) is 11.5 Å². The Balaban J connectivity index is 1.84. The molecular formula is C28H36N2O6S2. The van der Waals surface area contributed by atoms with Crippen molar-refractivity contribution in [1.82, 2.24) is 9.21 Å².